The Bertz CT molecular complexity index is 715. The highest BCUT2D eigenvalue weighted by molar-refractivity contribution is 7.84. The summed E-state index contributed by atoms with van der Waals surface area (Å²) in [6.45, 7) is 1.79. The van der Waals surface area contributed by atoms with Gasteiger partial charge in [-0.25, -0.2) is 0 Å². The first-order valence-electron chi connectivity index (χ1n) is 7.96. The van der Waals surface area contributed by atoms with E-state index in [-0.39, 0.29) is 6.04 Å². The summed E-state index contributed by atoms with van der Waals surface area (Å²) in [7, 11) is 2.56. The van der Waals surface area contributed by atoms with Gasteiger partial charge >= 0.3 is 0 Å². The highest BCUT2D eigenvalue weighted by Gasteiger charge is 2.30. The zero-order valence-electron chi connectivity index (χ0n) is 14.3. The van der Waals surface area contributed by atoms with E-state index in [4.69, 9.17) is 9.47 Å². The Labute approximate surface area is 149 Å². The molecule has 0 N–H and O–H groups in total. The number of ether oxygens (including phenoxy) is 2. The molecule has 4 nitrogen and oxygen atoms in total. The molecule has 0 unspecified atom stereocenters. The molecular formula is C18H23NO3S2. The molecule has 2 atom stereocenters. The van der Waals surface area contributed by atoms with Crippen molar-refractivity contribution in [3.8, 4) is 11.5 Å². The maximum atomic E-state index is 11.6. The Balaban J connectivity index is 2.03. The van der Waals surface area contributed by atoms with Crippen molar-refractivity contribution in [1.82, 2.24) is 4.90 Å². The van der Waals surface area contributed by atoms with Gasteiger partial charge in [-0.2, -0.15) is 0 Å². The van der Waals surface area contributed by atoms with E-state index in [1.807, 2.05) is 0 Å². The monoisotopic (exact) mass is 365 g/mol. The number of methoxy groups -OCH3 is 2. The van der Waals surface area contributed by atoms with E-state index < -0.39 is 10.8 Å². The standard InChI is InChI=1S/C18H23NO3S2/c1-21-15-11-13-6-7-19(8-10-24(3)20)18(17-5-4-9-23-17)14(13)12-16(15)22-2/h4-5,9,11-12,18H,6-8,10H2,1-3H3/t18-,24-/m0/s1. The summed E-state index contributed by atoms with van der Waals surface area (Å²) in [6.07, 6.45) is 2.74. The zero-order chi connectivity index (χ0) is 17.1. The number of rotatable bonds is 6. The zero-order valence-corrected chi connectivity index (χ0v) is 15.9. The Kier molecular flexibility index (Phi) is 5.58. The van der Waals surface area contributed by atoms with E-state index >= 15 is 0 Å². The smallest absolute Gasteiger partial charge is 0.161 e. The van der Waals surface area contributed by atoms with Gasteiger partial charge in [0.15, 0.2) is 11.5 Å². The fourth-order valence-electron chi connectivity index (χ4n) is 3.26. The SMILES string of the molecule is COc1cc2c(cc1OC)[C@@H](c1cccs1)N(CC[S@](C)=O)CC2. The maximum Gasteiger partial charge on any atom is 0.161 e. The summed E-state index contributed by atoms with van der Waals surface area (Å²) < 4.78 is 22.5. The van der Waals surface area contributed by atoms with Crippen LogP contribution in [0, 0.1) is 0 Å². The van der Waals surface area contributed by atoms with Crippen LogP contribution in [0.5, 0.6) is 11.5 Å². The maximum absolute atomic E-state index is 11.6. The normalized spacial score (nSPS) is 18.9. The van der Waals surface area contributed by atoms with Gasteiger partial charge < -0.3 is 9.47 Å². The quantitative estimate of drug-likeness (QED) is 0.789. The molecule has 1 aliphatic heterocycles. The number of fused-ring (bicyclic) bond motifs is 1. The third-order valence-electron chi connectivity index (χ3n) is 4.45. The first-order valence-corrected chi connectivity index (χ1v) is 10.6. The van der Waals surface area contributed by atoms with Crippen molar-refractivity contribution in [2.75, 3.05) is 39.3 Å². The molecule has 1 aromatic carbocycles. The molecule has 0 amide bonds. The van der Waals surface area contributed by atoms with Gasteiger partial charge in [-0.15, -0.1) is 11.3 Å². The van der Waals surface area contributed by atoms with Crippen molar-refractivity contribution < 1.29 is 13.7 Å². The summed E-state index contributed by atoms with van der Waals surface area (Å²) in [5.74, 6) is 2.24. The van der Waals surface area contributed by atoms with Gasteiger partial charge in [0, 0.05) is 40.8 Å². The lowest BCUT2D eigenvalue weighted by Crippen LogP contribution is -2.38. The van der Waals surface area contributed by atoms with E-state index in [1.54, 1.807) is 31.8 Å². The van der Waals surface area contributed by atoms with Gasteiger partial charge in [-0.3, -0.25) is 9.11 Å². The molecule has 1 aliphatic rings. The summed E-state index contributed by atoms with van der Waals surface area (Å²) in [5, 5.41) is 2.11. The molecule has 0 radical (unpaired) electrons. The molecule has 6 heteroatoms. The van der Waals surface area contributed by atoms with Gasteiger partial charge in [0.05, 0.1) is 20.3 Å². The Morgan fingerprint density at radius 1 is 1.29 bits per heavy atom. The van der Waals surface area contributed by atoms with E-state index in [2.05, 4.69) is 34.5 Å². The van der Waals surface area contributed by atoms with Gasteiger partial charge in [-0.05, 0) is 41.1 Å². The molecule has 2 aromatic rings. The Hall–Kier alpha value is -1.37. The molecule has 0 spiro atoms. The lowest BCUT2D eigenvalue weighted by molar-refractivity contribution is 0.228. The lowest BCUT2D eigenvalue weighted by Gasteiger charge is -2.37. The highest BCUT2D eigenvalue weighted by Crippen LogP contribution is 2.41. The second-order valence-electron chi connectivity index (χ2n) is 5.89. The van der Waals surface area contributed by atoms with Crippen LogP contribution in [0.3, 0.4) is 0 Å². The highest BCUT2D eigenvalue weighted by atomic mass is 32.2. The Morgan fingerprint density at radius 3 is 2.67 bits per heavy atom. The van der Waals surface area contributed by atoms with Crippen LogP contribution in [0.4, 0.5) is 0 Å². The lowest BCUT2D eigenvalue weighted by atomic mass is 9.91. The van der Waals surface area contributed by atoms with Crippen LogP contribution in [0.1, 0.15) is 22.0 Å². The Morgan fingerprint density at radius 2 is 2.04 bits per heavy atom. The third-order valence-corrected chi connectivity index (χ3v) is 6.13. The molecular weight excluding hydrogens is 342 g/mol. The van der Waals surface area contributed by atoms with Crippen molar-refractivity contribution in [2.45, 2.75) is 12.5 Å². The second kappa shape index (κ2) is 7.68. The van der Waals surface area contributed by atoms with Crippen LogP contribution in [0.2, 0.25) is 0 Å². The van der Waals surface area contributed by atoms with Crippen molar-refractivity contribution >= 4 is 22.1 Å². The largest absolute Gasteiger partial charge is 0.493 e. The van der Waals surface area contributed by atoms with Crippen molar-refractivity contribution in [3.63, 3.8) is 0 Å². The van der Waals surface area contributed by atoms with Crippen molar-refractivity contribution in [1.29, 1.82) is 0 Å². The fourth-order valence-corrected chi connectivity index (χ4v) is 4.63. The summed E-state index contributed by atoms with van der Waals surface area (Å²) in [6, 6.07) is 8.66. The summed E-state index contributed by atoms with van der Waals surface area (Å²) >= 11 is 1.76. The first kappa shape index (κ1) is 17.5. The van der Waals surface area contributed by atoms with Gasteiger partial charge in [-0.1, -0.05) is 6.07 Å². The van der Waals surface area contributed by atoms with E-state index in [9.17, 15) is 4.21 Å². The third kappa shape index (κ3) is 3.50. The second-order valence-corrected chi connectivity index (χ2v) is 8.42. The van der Waals surface area contributed by atoms with E-state index in [1.165, 1.54) is 16.0 Å². The van der Waals surface area contributed by atoms with Crippen LogP contribution in [0.25, 0.3) is 0 Å². The van der Waals surface area contributed by atoms with Crippen molar-refractivity contribution in [2.24, 2.45) is 0 Å². The van der Waals surface area contributed by atoms with Crippen LogP contribution in [-0.2, 0) is 17.2 Å². The molecule has 1 aromatic heterocycles. The average Bonchev–Trinajstić information content (AvgIpc) is 3.12. The predicted molar refractivity (Wildman–Crippen MR) is 99.9 cm³/mol. The molecule has 0 bridgehead atoms. The molecule has 0 aliphatic carbocycles. The number of benzene rings is 1. The predicted octanol–water partition coefficient (Wildman–Crippen LogP) is 3.09. The van der Waals surface area contributed by atoms with Gasteiger partial charge in [0.1, 0.15) is 0 Å². The molecule has 24 heavy (non-hydrogen) atoms. The van der Waals surface area contributed by atoms with Crippen molar-refractivity contribution in [3.05, 3.63) is 45.6 Å². The topological polar surface area (TPSA) is 38.8 Å². The molecule has 130 valence electrons. The average molecular weight is 366 g/mol. The van der Waals surface area contributed by atoms with Crippen LogP contribution in [0.15, 0.2) is 29.6 Å². The number of thiophene rings is 1. The minimum absolute atomic E-state index is 0.192. The summed E-state index contributed by atoms with van der Waals surface area (Å²) in [5.41, 5.74) is 2.57. The van der Waals surface area contributed by atoms with E-state index in [0.717, 1.165) is 31.0 Å². The minimum atomic E-state index is -0.781. The molecule has 0 fully saturated rings. The molecule has 0 saturated heterocycles. The van der Waals surface area contributed by atoms with Gasteiger partial charge in [0.2, 0.25) is 0 Å². The molecule has 3 rings (SSSR count). The fraction of sp³-hybridized carbons (Fsp3) is 0.444. The van der Waals surface area contributed by atoms with Crippen LogP contribution in [-0.4, -0.2) is 48.4 Å². The van der Waals surface area contributed by atoms with E-state index in [0.29, 0.717) is 5.75 Å². The molecule has 2 heterocycles. The molecule has 0 saturated carbocycles. The van der Waals surface area contributed by atoms with Gasteiger partial charge in [0.25, 0.3) is 0 Å². The van der Waals surface area contributed by atoms with Crippen LogP contribution >= 0.6 is 11.3 Å². The van der Waals surface area contributed by atoms with Crippen LogP contribution < -0.4 is 9.47 Å². The number of nitrogens with zero attached hydrogens (tertiary/aromatic N) is 1. The number of hydrogen-bond donors (Lipinski definition) is 0. The first-order chi connectivity index (χ1) is 11.6. The summed E-state index contributed by atoms with van der Waals surface area (Å²) in [4.78, 5) is 3.74. The minimum Gasteiger partial charge on any atom is -0.493 e. The number of hydrogen-bond acceptors (Lipinski definition) is 5.